The molecule has 1 N–H and O–H groups in total. The van der Waals surface area contributed by atoms with Crippen LogP contribution in [0.15, 0.2) is 36.6 Å². The van der Waals surface area contributed by atoms with E-state index < -0.39 is 5.97 Å². The van der Waals surface area contributed by atoms with E-state index in [-0.39, 0.29) is 0 Å². The van der Waals surface area contributed by atoms with Crippen LogP contribution in [0.1, 0.15) is 12.0 Å². The first kappa shape index (κ1) is 11.4. The summed E-state index contributed by atoms with van der Waals surface area (Å²) in [7, 11) is 0. The summed E-state index contributed by atoms with van der Waals surface area (Å²) in [5.41, 5.74) is 0.795. The summed E-state index contributed by atoms with van der Waals surface area (Å²) in [6.45, 7) is 1.87. The Bertz CT molecular complexity index is 449. The largest absolute Gasteiger partial charge is 0.478 e. The number of rotatable bonds is 3. The summed E-state index contributed by atoms with van der Waals surface area (Å²) in [5.74, 6) is -0.0166. The molecule has 2 rings (SSSR count). The molecule has 0 fully saturated rings. The second-order valence-corrected chi connectivity index (χ2v) is 3.83. The molecule has 0 unspecified atom stereocenters. The van der Waals surface area contributed by atoms with Crippen molar-refractivity contribution in [1.82, 2.24) is 4.98 Å². The van der Waals surface area contributed by atoms with Gasteiger partial charge in [-0.25, -0.2) is 9.78 Å². The molecule has 0 saturated heterocycles. The standard InChI is InChI=1S/C13H14N2O2/c16-13(17)7-5-11-4-6-12(14-10-11)15-8-2-1-3-9-15/h1-2,4-7,10H,3,8-9H2,(H,16,17)/b7-5+. The summed E-state index contributed by atoms with van der Waals surface area (Å²) < 4.78 is 0. The highest BCUT2D eigenvalue weighted by atomic mass is 16.4. The molecule has 0 radical (unpaired) electrons. The average molecular weight is 230 g/mol. The quantitative estimate of drug-likeness (QED) is 0.637. The maximum absolute atomic E-state index is 10.4. The van der Waals surface area contributed by atoms with Crippen LogP contribution in [0, 0.1) is 0 Å². The van der Waals surface area contributed by atoms with Gasteiger partial charge in [0.1, 0.15) is 5.82 Å². The molecule has 1 aliphatic heterocycles. The minimum atomic E-state index is -0.949. The molecule has 17 heavy (non-hydrogen) atoms. The van der Waals surface area contributed by atoms with E-state index >= 15 is 0 Å². The Morgan fingerprint density at radius 2 is 2.29 bits per heavy atom. The number of pyridine rings is 1. The molecule has 0 amide bonds. The van der Waals surface area contributed by atoms with Crippen molar-refractivity contribution in [2.24, 2.45) is 0 Å². The van der Waals surface area contributed by atoms with Gasteiger partial charge in [-0.15, -0.1) is 0 Å². The monoisotopic (exact) mass is 230 g/mol. The van der Waals surface area contributed by atoms with Crippen molar-refractivity contribution in [2.75, 3.05) is 18.0 Å². The van der Waals surface area contributed by atoms with Crippen molar-refractivity contribution in [3.05, 3.63) is 42.1 Å². The van der Waals surface area contributed by atoms with Crippen molar-refractivity contribution >= 4 is 17.9 Å². The highest BCUT2D eigenvalue weighted by Gasteiger charge is 2.07. The van der Waals surface area contributed by atoms with E-state index in [1.54, 1.807) is 6.20 Å². The summed E-state index contributed by atoms with van der Waals surface area (Å²) in [5, 5.41) is 8.51. The minimum Gasteiger partial charge on any atom is -0.478 e. The van der Waals surface area contributed by atoms with Crippen molar-refractivity contribution in [3.63, 3.8) is 0 Å². The van der Waals surface area contributed by atoms with Crippen LogP contribution in [-0.4, -0.2) is 29.1 Å². The second-order valence-electron chi connectivity index (χ2n) is 3.83. The van der Waals surface area contributed by atoms with E-state index in [9.17, 15) is 4.79 Å². The number of hydrogen-bond acceptors (Lipinski definition) is 3. The van der Waals surface area contributed by atoms with Gasteiger partial charge in [-0.3, -0.25) is 0 Å². The molecule has 0 spiro atoms. The van der Waals surface area contributed by atoms with Gasteiger partial charge < -0.3 is 10.0 Å². The molecular weight excluding hydrogens is 216 g/mol. The van der Waals surface area contributed by atoms with E-state index in [1.807, 2.05) is 12.1 Å². The molecule has 4 nitrogen and oxygen atoms in total. The number of anilines is 1. The summed E-state index contributed by atoms with van der Waals surface area (Å²) in [6.07, 6.45) is 9.68. The third kappa shape index (κ3) is 3.17. The van der Waals surface area contributed by atoms with Crippen LogP contribution in [0.2, 0.25) is 0 Å². The SMILES string of the molecule is O=C(O)/C=C/c1ccc(N2CC=CCC2)nc1. The first-order chi connectivity index (χ1) is 8.25. The predicted molar refractivity (Wildman–Crippen MR) is 66.9 cm³/mol. The Kier molecular flexibility index (Phi) is 3.55. The van der Waals surface area contributed by atoms with Crippen molar-refractivity contribution in [2.45, 2.75) is 6.42 Å². The van der Waals surface area contributed by atoms with Crippen LogP contribution in [0.4, 0.5) is 5.82 Å². The van der Waals surface area contributed by atoms with Crippen LogP contribution in [0.25, 0.3) is 6.08 Å². The summed E-state index contributed by atoms with van der Waals surface area (Å²) >= 11 is 0. The summed E-state index contributed by atoms with van der Waals surface area (Å²) in [6, 6.07) is 3.79. The maximum Gasteiger partial charge on any atom is 0.328 e. The van der Waals surface area contributed by atoms with E-state index in [0.29, 0.717) is 0 Å². The van der Waals surface area contributed by atoms with Gasteiger partial charge >= 0.3 is 5.97 Å². The van der Waals surface area contributed by atoms with Gasteiger partial charge in [0.2, 0.25) is 0 Å². The van der Waals surface area contributed by atoms with Crippen LogP contribution < -0.4 is 4.90 Å². The number of nitrogens with zero attached hydrogens (tertiary/aromatic N) is 2. The van der Waals surface area contributed by atoms with Crippen LogP contribution in [0.5, 0.6) is 0 Å². The Balaban J connectivity index is 2.07. The Hall–Kier alpha value is -2.10. The molecule has 0 bridgehead atoms. The van der Waals surface area contributed by atoms with Crippen LogP contribution in [-0.2, 0) is 4.79 Å². The number of hydrogen-bond donors (Lipinski definition) is 1. The van der Waals surface area contributed by atoms with E-state index in [2.05, 4.69) is 22.0 Å². The molecule has 0 aromatic carbocycles. The molecule has 0 saturated carbocycles. The molecule has 0 aliphatic carbocycles. The van der Waals surface area contributed by atoms with E-state index in [1.165, 1.54) is 6.08 Å². The zero-order valence-electron chi connectivity index (χ0n) is 9.41. The highest BCUT2D eigenvalue weighted by molar-refractivity contribution is 5.85. The Morgan fingerprint density at radius 3 is 2.88 bits per heavy atom. The number of carbonyl (C=O) groups is 1. The fraction of sp³-hybridized carbons (Fsp3) is 0.231. The van der Waals surface area contributed by atoms with Gasteiger partial charge in [-0.1, -0.05) is 12.2 Å². The minimum absolute atomic E-state index is 0.795. The molecule has 2 heterocycles. The second kappa shape index (κ2) is 5.30. The molecule has 0 atom stereocenters. The molecule has 1 aromatic heterocycles. The normalized spacial score (nSPS) is 15.4. The lowest BCUT2D eigenvalue weighted by Crippen LogP contribution is -2.27. The number of aliphatic carboxylic acids is 1. The average Bonchev–Trinajstić information content (AvgIpc) is 2.38. The zero-order chi connectivity index (χ0) is 12.1. The van der Waals surface area contributed by atoms with Crippen LogP contribution >= 0.6 is 0 Å². The maximum atomic E-state index is 10.4. The Morgan fingerprint density at radius 1 is 1.41 bits per heavy atom. The van der Waals surface area contributed by atoms with Crippen LogP contribution in [0.3, 0.4) is 0 Å². The number of aromatic nitrogens is 1. The molecule has 88 valence electrons. The lowest BCUT2D eigenvalue weighted by atomic mass is 10.2. The third-order valence-corrected chi connectivity index (χ3v) is 2.57. The first-order valence-corrected chi connectivity index (χ1v) is 5.53. The predicted octanol–water partition coefficient (Wildman–Crippen LogP) is 1.95. The van der Waals surface area contributed by atoms with Crippen molar-refractivity contribution in [3.8, 4) is 0 Å². The van der Waals surface area contributed by atoms with Crippen molar-refractivity contribution < 1.29 is 9.90 Å². The summed E-state index contributed by atoms with van der Waals surface area (Å²) in [4.78, 5) is 16.9. The van der Waals surface area contributed by atoms with E-state index in [0.717, 1.165) is 37.0 Å². The van der Waals surface area contributed by atoms with E-state index in [4.69, 9.17) is 5.11 Å². The topological polar surface area (TPSA) is 53.4 Å². The van der Waals surface area contributed by atoms with Crippen molar-refractivity contribution in [1.29, 1.82) is 0 Å². The smallest absolute Gasteiger partial charge is 0.328 e. The molecular formula is C13H14N2O2. The lowest BCUT2D eigenvalue weighted by Gasteiger charge is -2.24. The number of carboxylic acid groups (broad SMARTS) is 1. The molecule has 1 aliphatic rings. The first-order valence-electron chi connectivity index (χ1n) is 5.53. The lowest BCUT2D eigenvalue weighted by molar-refractivity contribution is -0.131. The van der Waals surface area contributed by atoms with Gasteiger partial charge in [-0.2, -0.15) is 0 Å². The fourth-order valence-corrected chi connectivity index (χ4v) is 1.70. The van der Waals surface area contributed by atoms with Gasteiger partial charge in [0, 0.05) is 25.4 Å². The third-order valence-electron chi connectivity index (χ3n) is 2.57. The fourth-order valence-electron chi connectivity index (χ4n) is 1.70. The number of carboxylic acids is 1. The van der Waals surface area contributed by atoms with Gasteiger partial charge in [0.15, 0.2) is 0 Å². The molecule has 4 heteroatoms. The highest BCUT2D eigenvalue weighted by Crippen LogP contribution is 2.14. The van der Waals surface area contributed by atoms with Gasteiger partial charge in [0.05, 0.1) is 0 Å². The zero-order valence-corrected chi connectivity index (χ0v) is 9.41. The Labute approximate surface area is 99.9 Å². The van der Waals surface area contributed by atoms with Gasteiger partial charge in [-0.05, 0) is 30.2 Å². The van der Waals surface area contributed by atoms with Gasteiger partial charge in [0.25, 0.3) is 0 Å². The molecule has 1 aromatic rings.